The number of carbonyl (C=O) groups is 1. The third-order valence-electron chi connectivity index (χ3n) is 9.26. The smallest absolute Gasteiger partial charge is 0.416 e. The maximum Gasteiger partial charge on any atom is 0.416 e. The molecule has 3 aliphatic rings. The van der Waals surface area contributed by atoms with Gasteiger partial charge in [0.05, 0.1) is 10.9 Å². The molecule has 2 aliphatic heterocycles. The van der Waals surface area contributed by atoms with Crippen LogP contribution in [-0.4, -0.2) is 70.0 Å². The van der Waals surface area contributed by atoms with E-state index >= 15 is 0 Å². The van der Waals surface area contributed by atoms with E-state index in [1.165, 1.54) is 11.6 Å². The number of anilines is 1. The number of amides is 2. The Labute approximate surface area is 253 Å². The first kappa shape index (κ1) is 28.7. The van der Waals surface area contributed by atoms with Gasteiger partial charge in [0.25, 0.3) is 0 Å². The summed E-state index contributed by atoms with van der Waals surface area (Å²) >= 11 is 0. The fourth-order valence-corrected chi connectivity index (χ4v) is 6.63. The zero-order valence-corrected chi connectivity index (χ0v) is 24.6. The number of carbonyl (C=O) groups excluding carboxylic acids is 1. The number of pyridine rings is 1. The van der Waals surface area contributed by atoms with Crippen molar-refractivity contribution in [2.24, 2.45) is 0 Å². The van der Waals surface area contributed by atoms with Crippen LogP contribution in [0.25, 0.3) is 11.0 Å². The molecule has 0 unspecified atom stereocenters. The molecule has 2 fully saturated rings. The second-order valence-corrected chi connectivity index (χ2v) is 12.1. The number of alkyl halides is 3. The molecule has 0 bridgehead atoms. The Morgan fingerprint density at radius 3 is 2.59 bits per heavy atom. The number of likely N-dealkylation sites (N-methyl/N-ethyl adjacent to an activating group) is 1. The third kappa shape index (κ3) is 5.61. The molecule has 230 valence electrons. The van der Waals surface area contributed by atoms with Crippen LogP contribution in [0.3, 0.4) is 0 Å². The second-order valence-electron chi connectivity index (χ2n) is 12.1. The van der Waals surface area contributed by atoms with Crippen LogP contribution >= 0.6 is 0 Å². The minimum Gasteiger partial charge on any atom is -0.457 e. The van der Waals surface area contributed by atoms with Crippen molar-refractivity contribution in [3.05, 3.63) is 83.2 Å². The van der Waals surface area contributed by atoms with Gasteiger partial charge < -0.3 is 24.8 Å². The van der Waals surface area contributed by atoms with Gasteiger partial charge in [-0.15, -0.1) is 0 Å². The van der Waals surface area contributed by atoms with Crippen molar-refractivity contribution in [1.82, 2.24) is 24.7 Å². The van der Waals surface area contributed by atoms with Crippen molar-refractivity contribution < 1.29 is 22.7 Å². The number of nitrogens with zero attached hydrogens (tertiary/aromatic N) is 4. The van der Waals surface area contributed by atoms with Crippen molar-refractivity contribution in [1.29, 1.82) is 0 Å². The number of hydrogen-bond acceptors (Lipinski definition) is 5. The molecular formula is C33H35F3N6O2. The highest BCUT2D eigenvalue weighted by Gasteiger charge is 2.50. The van der Waals surface area contributed by atoms with E-state index in [9.17, 15) is 18.0 Å². The fraction of sp³-hybridized carbons (Fsp3) is 0.394. The van der Waals surface area contributed by atoms with E-state index in [4.69, 9.17) is 4.74 Å². The van der Waals surface area contributed by atoms with Gasteiger partial charge in [-0.25, -0.2) is 9.78 Å². The number of piperazine rings is 1. The second kappa shape index (κ2) is 11.1. The Balaban J connectivity index is 1.08. The quantitative estimate of drug-likeness (QED) is 0.260. The molecule has 0 radical (unpaired) electrons. The summed E-state index contributed by atoms with van der Waals surface area (Å²) in [7, 11) is 0. The molecule has 0 atom stereocenters. The molecule has 2 N–H and O–H groups in total. The van der Waals surface area contributed by atoms with Gasteiger partial charge in [0.15, 0.2) is 0 Å². The monoisotopic (exact) mass is 604 g/mol. The number of fused-ring (bicyclic) bond motifs is 3. The third-order valence-corrected chi connectivity index (χ3v) is 9.26. The summed E-state index contributed by atoms with van der Waals surface area (Å²) in [5, 5.41) is 3.63. The van der Waals surface area contributed by atoms with Crippen LogP contribution in [0, 0.1) is 0 Å². The van der Waals surface area contributed by atoms with Gasteiger partial charge in [0.1, 0.15) is 17.1 Å². The summed E-state index contributed by atoms with van der Waals surface area (Å²) in [6.45, 7) is 7.28. The summed E-state index contributed by atoms with van der Waals surface area (Å²) in [6.07, 6.45) is 0.878. The van der Waals surface area contributed by atoms with Crippen LogP contribution in [0.1, 0.15) is 42.0 Å². The summed E-state index contributed by atoms with van der Waals surface area (Å²) in [5.41, 5.74) is 2.46. The average Bonchev–Trinajstić information content (AvgIpc) is 3.59. The van der Waals surface area contributed by atoms with E-state index in [2.05, 4.69) is 38.1 Å². The number of rotatable bonds is 6. The van der Waals surface area contributed by atoms with Crippen LogP contribution in [-0.2, 0) is 24.7 Å². The molecule has 2 aromatic carbocycles. The molecule has 2 amide bonds. The van der Waals surface area contributed by atoms with Gasteiger partial charge in [-0.05, 0) is 72.5 Å². The van der Waals surface area contributed by atoms with Crippen LogP contribution in [0.4, 0.5) is 23.7 Å². The first-order valence-corrected chi connectivity index (χ1v) is 15.1. The first-order valence-electron chi connectivity index (χ1n) is 15.1. The number of aromatic nitrogens is 2. The zero-order valence-electron chi connectivity index (χ0n) is 24.6. The summed E-state index contributed by atoms with van der Waals surface area (Å²) in [6, 6.07) is 13.5. The number of H-pyrrole nitrogens is 1. The molecular weight excluding hydrogens is 569 g/mol. The van der Waals surface area contributed by atoms with Gasteiger partial charge in [0, 0.05) is 69.3 Å². The molecule has 1 spiro atoms. The van der Waals surface area contributed by atoms with E-state index in [-0.39, 0.29) is 23.2 Å². The lowest BCUT2D eigenvalue weighted by atomic mass is 9.87. The Kier molecular flexibility index (Phi) is 7.25. The van der Waals surface area contributed by atoms with E-state index in [0.29, 0.717) is 24.6 Å². The van der Waals surface area contributed by atoms with Crippen LogP contribution in [0.2, 0.25) is 0 Å². The molecule has 1 saturated carbocycles. The number of ether oxygens (including phenoxy) is 1. The Morgan fingerprint density at radius 1 is 1.05 bits per heavy atom. The van der Waals surface area contributed by atoms with Gasteiger partial charge in [-0.3, -0.25) is 4.90 Å². The maximum atomic E-state index is 14.2. The van der Waals surface area contributed by atoms with E-state index in [1.807, 2.05) is 30.5 Å². The molecule has 4 aromatic rings. The molecule has 44 heavy (non-hydrogen) atoms. The number of nitrogens with one attached hydrogen (secondary N) is 2. The highest BCUT2D eigenvalue weighted by molar-refractivity contribution is 5.90. The van der Waals surface area contributed by atoms with Crippen molar-refractivity contribution in [3.8, 4) is 11.5 Å². The van der Waals surface area contributed by atoms with E-state index in [1.54, 1.807) is 17.2 Å². The molecule has 1 aliphatic carbocycles. The lowest BCUT2D eigenvalue weighted by Gasteiger charge is -2.35. The predicted molar refractivity (Wildman–Crippen MR) is 162 cm³/mol. The van der Waals surface area contributed by atoms with Crippen LogP contribution in [0.5, 0.6) is 11.5 Å². The van der Waals surface area contributed by atoms with Gasteiger partial charge in [-0.2, -0.15) is 13.2 Å². The minimum absolute atomic E-state index is 0.128. The molecule has 11 heteroatoms. The normalized spacial score (nSPS) is 18.4. The Hall–Kier alpha value is -4.09. The van der Waals surface area contributed by atoms with Gasteiger partial charge in [-0.1, -0.05) is 19.1 Å². The summed E-state index contributed by atoms with van der Waals surface area (Å²) in [5.74, 6) is 1.33. The number of aromatic amines is 1. The maximum absolute atomic E-state index is 14.2. The number of halogens is 3. The Bertz CT molecular complexity index is 1690. The topological polar surface area (TPSA) is 76.7 Å². The number of hydrogen-bond donors (Lipinski definition) is 2. The first-order chi connectivity index (χ1) is 21.2. The average molecular weight is 605 g/mol. The predicted octanol–water partition coefficient (Wildman–Crippen LogP) is 6.59. The lowest BCUT2D eigenvalue weighted by molar-refractivity contribution is -0.138. The molecule has 8 nitrogen and oxygen atoms in total. The minimum atomic E-state index is -4.53. The highest BCUT2D eigenvalue weighted by Crippen LogP contribution is 2.53. The standard InChI is InChI=1S/C33H35F3N6O2/c1-2-40-13-15-41(16-14-40)19-22-3-4-24(18-28(22)33(34,35)36)39-31(43)42-20-23-17-25(5-6-27(23)32(21-42)9-10-32)44-29-8-12-38-30-26(29)7-11-37-30/h3-8,11-12,17-18H,2,9-10,13-16,19-21H2,1H3,(H,37,38)(H,39,43). The van der Waals surface area contributed by atoms with Crippen LogP contribution < -0.4 is 10.1 Å². The van der Waals surface area contributed by atoms with E-state index in [0.717, 1.165) is 68.2 Å². The van der Waals surface area contributed by atoms with Crippen LogP contribution in [0.15, 0.2) is 60.9 Å². The molecule has 4 heterocycles. The van der Waals surface area contributed by atoms with Crippen molar-refractivity contribution in [2.45, 2.75) is 44.4 Å². The van der Waals surface area contributed by atoms with E-state index < -0.39 is 17.8 Å². The summed E-state index contributed by atoms with van der Waals surface area (Å²) in [4.78, 5) is 26.9. The fourth-order valence-electron chi connectivity index (χ4n) is 6.63. The highest BCUT2D eigenvalue weighted by atomic mass is 19.4. The van der Waals surface area contributed by atoms with Crippen molar-refractivity contribution in [3.63, 3.8) is 0 Å². The zero-order chi connectivity index (χ0) is 30.5. The SMILES string of the molecule is CCN1CCN(Cc2ccc(NC(=O)N3Cc4cc(Oc5ccnc6[nH]ccc56)ccc4C4(CC4)C3)cc2C(F)(F)F)CC1. The van der Waals surface area contributed by atoms with Crippen molar-refractivity contribution in [2.75, 3.05) is 44.6 Å². The molecule has 1 saturated heterocycles. The summed E-state index contributed by atoms with van der Waals surface area (Å²) < 4.78 is 48.7. The lowest BCUT2D eigenvalue weighted by Crippen LogP contribution is -2.45. The number of urea groups is 1. The largest absolute Gasteiger partial charge is 0.457 e. The van der Waals surface area contributed by atoms with Crippen molar-refractivity contribution >= 4 is 22.8 Å². The molecule has 7 rings (SSSR count). The Morgan fingerprint density at radius 2 is 1.84 bits per heavy atom. The number of benzene rings is 2. The molecule has 2 aromatic heterocycles. The van der Waals surface area contributed by atoms with Gasteiger partial charge >= 0.3 is 12.2 Å². The van der Waals surface area contributed by atoms with Gasteiger partial charge in [0.2, 0.25) is 0 Å².